The van der Waals surface area contributed by atoms with E-state index < -0.39 is 0 Å². The summed E-state index contributed by atoms with van der Waals surface area (Å²) in [5.74, 6) is 0.0623. The number of likely N-dealkylation sites (N-methyl/N-ethyl adjacent to an activating group) is 1. The van der Waals surface area contributed by atoms with E-state index in [9.17, 15) is 4.39 Å². The van der Waals surface area contributed by atoms with Gasteiger partial charge in [0.15, 0.2) is 0 Å². The minimum absolute atomic E-state index is 0.195. The third-order valence-electron chi connectivity index (χ3n) is 3.69. The Balaban J connectivity index is 2.07. The van der Waals surface area contributed by atoms with Gasteiger partial charge in [0.25, 0.3) is 0 Å². The molecular formula is C16H15ClFN. The number of rotatable bonds is 1. The molecule has 0 radical (unpaired) electrons. The van der Waals surface area contributed by atoms with Crippen LogP contribution in [-0.4, -0.2) is 18.5 Å². The molecule has 19 heavy (non-hydrogen) atoms. The molecule has 1 atom stereocenters. The van der Waals surface area contributed by atoms with Crippen LogP contribution >= 0.6 is 11.6 Å². The van der Waals surface area contributed by atoms with Crippen molar-refractivity contribution in [2.75, 3.05) is 13.6 Å². The Morgan fingerprint density at radius 2 is 1.89 bits per heavy atom. The molecule has 3 heteroatoms. The molecule has 0 amide bonds. The zero-order valence-corrected chi connectivity index (χ0v) is 11.5. The Hall–Kier alpha value is -1.38. The van der Waals surface area contributed by atoms with E-state index >= 15 is 0 Å². The quantitative estimate of drug-likeness (QED) is 0.759. The van der Waals surface area contributed by atoms with Gasteiger partial charge >= 0.3 is 0 Å². The topological polar surface area (TPSA) is 3.24 Å². The summed E-state index contributed by atoms with van der Waals surface area (Å²) in [4.78, 5) is 2.28. The molecule has 2 aromatic carbocycles. The number of hydrogen-bond donors (Lipinski definition) is 0. The first-order valence-corrected chi connectivity index (χ1v) is 6.73. The van der Waals surface area contributed by atoms with Crippen molar-refractivity contribution in [1.29, 1.82) is 0 Å². The number of hydrogen-bond acceptors (Lipinski definition) is 1. The first-order chi connectivity index (χ1) is 9.13. The molecule has 3 rings (SSSR count). The second-order valence-electron chi connectivity index (χ2n) is 5.14. The van der Waals surface area contributed by atoms with Gasteiger partial charge in [0.2, 0.25) is 0 Å². The summed E-state index contributed by atoms with van der Waals surface area (Å²) in [6.07, 6.45) is 0. The van der Waals surface area contributed by atoms with Crippen molar-refractivity contribution in [3.63, 3.8) is 0 Å². The van der Waals surface area contributed by atoms with Gasteiger partial charge in [-0.15, -0.1) is 0 Å². The lowest BCUT2D eigenvalue weighted by Crippen LogP contribution is -2.30. The van der Waals surface area contributed by atoms with Crippen molar-refractivity contribution in [3.05, 3.63) is 70.0 Å². The fourth-order valence-corrected chi connectivity index (χ4v) is 2.96. The molecule has 0 bridgehead atoms. The summed E-state index contributed by atoms with van der Waals surface area (Å²) in [5, 5.41) is 0.760. The molecule has 0 N–H and O–H groups in total. The van der Waals surface area contributed by atoms with Gasteiger partial charge in [-0.3, -0.25) is 0 Å². The third kappa shape index (κ3) is 2.51. The first-order valence-electron chi connectivity index (χ1n) is 6.36. The molecule has 1 aliphatic heterocycles. The summed E-state index contributed by atoms with van der Waals surface area (Å²) in [6.45, 7) is 1.86. The fraction of sp³-hybridized carbons (Fsp3) is 0.250. The molecule has 0 saturated carbocycles. The van der Waals surface area contributed by atoms with E-state index in [1.54, 1.807) is 0 Å². The van der Waals surface area contributed by atoms with Crippen LogP contribution < -0.4 is 0 Å². The van der Waals surface area contributed by atoms with Gasteiger partial charge in [-0.2, -0.15) is 0 Å². The average molecular weight is 276 g/mol. The second-order valence-corrected chi connectivity index (χ2v) is 5.58. The lowest BCUT2D eigenvalue weighted by Gasteiger charge is -2.32. The molecule has 1 nitrogen and oxygen atoms in total. The Kier molecular flexibility index (Phi) is 3.29. The highest BCUT2D eigenvalue weighted by Gasteiger charge is 2.24. The minimum Gasteiger partial charge on any atom is -0.301 e. The second kappa shape index (κ2) is 4.95. The van der Waals surface area contributed by atoms with Crippen molar-refractivity contribution < 1.29 is 4.39 Å². The van der Waals surface area contributed by atoms with Crippen LogP contribution in [0.15, 0.2) is 42.5 Å². The molecule has 0 fully saturated rings. The van der Waals surface area contributed by atoms with Crippen molar-refractivity contribution >= 4 is 11.6 Å². The number of nitrogens with zero attached hydrogens (tertiary/aromatic N) is 1. The molecule has 2 aromatic rings. The maximum Gasteiger partial charge on any atom is 0.123 e. The summed E-state index contributed by atoms with van der Waals surface area (Å²) < 4.78 is 13.1. The number of benzene rings is 2. The van der Waals surface area contributed by atoms with Crippen molar-refractivity contribution in [2.45, 2.75) is 12.5 Å². The zero-order valence-electron chi connectivity index (χ0n) is 10.7. The van der Waals surface area contributed by atoms with Crippen LogP contribution in [0.4, 0.5) is 4.39 Å². The van der Waals surface area contributed by atoms with Crippen LogP contribution in [0.5, 0.6) is 0 Å². The molecule has 1 unspecified atom stereocenters. The van der Waals surface area contributed by atoms with Crippen LogP contribution in [0.25, 0.3) is 0 Å². The standard InChI is InChI=1S/C16H15ClFN/c1-19-9-12-2-5-13(17)8-15(12)16(10-19)11-3-6-14(18)7-4-11/h2-8,16H,9-10H2,1H3. The van der Waals surface area contributed by atoms with Crippen LogP contribution in [0.3, 0.4) is 0 Å². The molecule has 1 heterocycles. The Morgan fingerprint density at radius 1 is 1.16 bits per heavy atom. The van der Waals surface area contributed by atoms with E-state index in [0.29, 0.717) is 0 Å². The first kappa shape index (κ1) is 12.6. The van der Waals surface area contributed by atoms with Gasteiger partial charge in [-0.1, -0.05) is 29.8 Å². The molecule has 0 spiro atoms. The predicted octanol–water partition coefficient (Wildman–Crippen LogP) is 4.06. The van der Waals surface area contributed by atoms with E-state index in [1.165, 1.54) is 23.3 Å². The van der Waals surface area contributed by atoms with Gasteiger partial charge in [0, 0.05) is 24.0 Å². The van der Waals surface area contributed by atoms with E-state index in [4.69, 9.17) is 11.6 Å². The summed E-state index contributed by atoms with van der Waals surface area (Å²) >= 11 is 6.12. The molecule has 0 aliphatic carbocycles. The maximum atomic E-state index is 13.1. The van der Waals surface area contributed by atoms with Gasteiger partial charge in [0.1, 0.15) is 5.82 Å². The van der Waals surface area contributed by atoms with Crippen molar-refractivity contribution in [2.24, 2.45) is 0 Å². The predicted molar refractivity (Wildman–Crippen MR) is 76.0 cm³/mol. The van der Waals surface area contributed by atoms with Gasteiger partial charge in [0.05, 0.1) is 0 Å². The van der Waals surface area contributed by atoms with Crippen LogP contribution in [-0.2, 0) is 6.54 Å². The van der Waals surface area contributed by atoms with Crippen LogP contribution in [0, 0.1) is 5.82 Å². The molecule has 0 saturated heterocycles. The highest BCUT2D eigenvalue weighted by atomic mass is 35.5. The summed E-state index contributed by atoms with van der Waals surface area (Å²) in [5.41, 5.74) is 3.70. The number of fused-ring (bicyclic) bond motifs is 1. The van der Waals surface area contributed by atoms with E-state index in [1.807, 2.05) is 24.3 Å². The van der Waals surface area contributed by atoms with Gasteiger partial charge in [-0.25, -0.2) is 4.39 Å². The number of halogens is 2. The zero-order chi connectivity index (χ0) is 13.4. The Morgan fingerprint density at radius 3 is 2.63 bits per heavy atom. The monoisotopic (exact) mass is 275 g/mol. The summed E-state index contributed by atoms with van der Waals surface area (Å²) in [7, 11) is 2.11. The summed E-state index contributed by atoms with van der Waals surface area (Å²) in [6, 6.07) is 12.8. The molecule has 1 aliphatic rings. The third-order valence-corrected chi connectivity index (χ3v) is 3.93. The lowest BCUT2D eigenvalue weighted by molar-refractivity contribution is 0.295. The van der Waals surface area contributed by atoms with E-state index in [-0.39, 0.29) is 11.7 Å². The average Bonchev–Trinajstić information content (AvgIpc) is 2.39. The highest BCUT2D eigenvalue weighted by Crippen LogP contribution is 2.34. The maximum absolute atomic E-state index is 13.1. The minimum atomic E-state index is -0.195. The SMILES string of the molecule is CN1Cc2ccc(Cl)cc2C(c2ccc(F)cc2)C1. The normalized spacial score (nSPS) is 19.2. The van der Waals surface area contributed by atoms with Crippen LogP contribution in [0.2, 0.25) is 5.02 Å². The fourth-order valence-electron chi connectivity index (χ4n) is 2.78. The molecular weight excluding hydrogens is 261 g/mol. The van der Waals surface area contributed by atoms with Gasteiger partial charge < -0.3 is 4.90 Å². The van der Waals surface area contributed by atoms with Gasteiger partial charge in [-0.05, 0) is 48.0 Å². The largest absolute Gasteiger partial charge is 0.301 e. The smallest absolute Gasteiger partial charge is 0.123 e. The lowest BCUT2D eigenvalue weighted by atomic mass is 9.85. The molecule has 0 aromatic heterocycles. The van der Waals surface area contributed by atoms with Crippen molar-refractivity contribution in [1.82, 2.24) is 4.90 Å². The Bertz CT molecular complexity index is 594. The van der Waals surface area contributed by atoms with E-state index in [2.05, 4.69) is 18.0 Å². The highest BCUT2D eigenvalue weighted by molar-refractivity contribution is 6.30. The molecule has 98 valence electrons. The van der Waals surface area contributed by atoms with E-state index in [0.717, 1.165) is 23.7 Å². The van der Waals surface area contributed by atoms with Crippen molar-refractivity contribution in [3.8, 4) is 0 Å². The Labute approximate surface area is 117 Å². The van der Waals surface area contributed by atoms with Crippen LogP contribution in [0.1, 0.15) is 22.6 Å².